The van der Waals surface area contributed by atoms with Crippen LogP contribution in [0.2, 0.25) is 0 Å². The van der Waals surface area contributed by atoms with Gasteiger partial charge in [0.2, 0.25) is 5.91 Å². The SMILES string of the molecule is COc1ccc(N2CCN(C[C@@](C)(O)c3cncc(C(N)=O)c3)C[C@H]2c2ccc(F)cc2)c(C(=O)N(C)C)c1. The molecule has 1 aliphatic heterocycles. The molecule has 3 aromatic rings. The lowest BCUT2D eigenvalue weighted by molar-refractivity contribution is 0.00998. The number of aromatic nitrogens is 1. The lowest BCUT2D eigenvalue weighted by atomic mass is 9.93. The smallest absolute Gasteiger partial charge is 0.255 e. The quantitative estimate of drug-likeness (QED) is 0.456. The molecule has 39 heavy (non-hydrogen) atoms. The summed E-state index contributed by atoms with van der Waals surface area (Å²) >= 11 is 0. The van der Waals surface area contributed by atoms with Gasteiger partial charge in [0, 0.05) is 58.2 Å². The van der Waals surface area contributed by atoms with Crippen molar-refractivity contribution in [2.24, 2.45) is 5.73 Å². The van der Waals surface area contributed by atoms with Gasteiger partial charge in [0.25, 0.3) is 5.91 Å². The number of β-amino-alcohol motifs (C(OH)–C–C–N with tert-alkyl or cyclic N) is 1. The second kappa shape index (κ2) is 11.4. The van der Waals surface area contributed by atoms with E-state index in [1.807, 2.05) is 12.1 Å². The first-order chi connectivity index (χ1) is 18.5. The summed E-state index contributed by atoms with van der Waals surface area (Å²) < 4.78 is 19.2. The van der Waals surface area contributed by atoms with E-state index in [1.165, 1.54) is 29.4 Å². The predicted molar refractivity (Wildman–Crippen MR) is 146 cm³/mol. The van der Waals surface area contributed by atoms with Gasteiger partial charge in [-0.1, -0.05) is 12.1 Å². The van der Waals surface area contributed by atoms with Crippen molar-refractivity contribution in [2.45, 2.75) is 18.6 Å². The maximum atomic E-state index is 13.8. The molecule has 0 bridgehead atoms. The molecule has 1 saturated heterocycles. The van der Waals surface area contributed by atoms with E-state index in [9.17, 15) is 19.1 Å². The highest BCUT2D eigenvalue weighted by molar-refractivity contribution is 6.00. The average molecular weight is 536 g/mol. The Morgan fingerprint density at radius 3 is 2.51 bits per heavy atom. The van der Waals surface area contributed by atoms with Crippen LogP contribution in [-0.2, 0) is 5.60 Å². The number of pyridine rings is 1. The van der Waals surface area contributed by atoms with Crippen LogP contribution in [-0.4, -0.2) is 79.1 Å². The van der Waals surface area contributed by atoms with Crippen LogP contribution in [0.3, 0.4) is 0 Å². The van der Waals surface area contributed by atoms with E-state index in [0.29, 0.717) is 36.5 Å². The Hall–Kier alpha value is -4.02. The molecule has 0 aliphatic carbocycles. The summed E-state index contributed by atoms with van der Waals surface area (Å²) in [5.41, 5.74) is 6.91. The molecule has 0 radical (unpaired) electrons. The highest BCUT2D eigenvalue weighted by Gasteiger charge is 2.35. The number of benzene rings is 2. The molecule has 2 atom stereocenters. The highest BCUT2D eigenvalue weighted by atomic mass is 19.1. The Morgan fingerprint density at radius 1 is 1.15 bits per heavy atom. The number of aliphatic hydroxyl groups is 1. The molecule has 10 heteroatoms. The van der Waals surface area contributed by atoms with Crippen molar-refractivity contribution >= 4 is 17.5 Å². The number of primary amides is 1. The van der Waals surface area contributed by atoms with Crippen LogP contribution < -0.4 is 15.4 Å². The molecule has 0 unspecified atom stereocenters. The third kappa shape index (κ3) is 6.18. The summed E-state index contributed by atoms with van der Waals surface area (Å²) in [5.74, 6) is -0.541. The molecule has 2 aromatic carbocycles. The second-order valence-corrected chi connectivity index (χ2v) is 10.2. The third-order valence-corrected chi connectivity index (χ3v) is 7.05. The van der Waals surface area contributed by atoms with Gasteiger partial charge in [-0.25, -0.2) is 4.39 Å². The Morgan fingerprint density at radius 2 is 1.87 bits per heavy atom. The van der Waals surface area contributed by atoms with Gasteiger partial charge >= 0.3 is 0 Å². The molecule has 9 nitrogen and oxygen atoms in total. The van der Waals surface area contributed by atoms with E-state index in [-0.39, 0.29) is 29.9 Å². The zero-order chi connectivity index (χ0) is 28.3. The molecule has 3 N–H and O–H groups in total. The zero-order valence-corrected chi connectivity index (χ0v) is 22.6. The Balaban J connectivity index is 1.68. The van der Waals surface area contributed by atoms with Crippen molar-refractivity contribution in [3.05, 3.63) is 89.0 Å². The predicted octanol–water partition coefficient (Wildman–Crippen LogP) is 2.80. The van der Waals surface area contributed by atoms with Gasteiger partial charge in [-0.2, -0.15) is 0 Å². The number of methoxy groups -OCH3 is 1. The number of nitrogens with two attached hydrogens (primary N) is 1. The van der Waals surface area contributed by atoms with Gasteiger partial charge in [-0.3, -0.25) is 19.5 Å². The van der Waals surface area contributed by atoms with Gasteiger partial charge in [-0.05, 0) is 48.9 Å². The topological polar surface area (TPSA) is 112 Å². The van der Waals surface area contributed by atoms with Gasteiger partial charge in [0.05, 0.1) is 30.0 Å². The maximum Gasteiger partial charge on any atom is 0.255 e. The van der Waals surface area contributed by atoms with Gasteiger partial charge in [0.15, 0.2) is 0 Å². The van der Waals surface area contributed by atoms with E-state index >= 15 is 0 Å². The largest absolute Gasteiger partial charge is 0.497 e. The van der Waals surface area contributed by atoms with Gasteiger partial charge in [0.1, 0.15) is 17.2 Å². The summed E-state index contributed by atoms with van der Waals surface area (Å²) in [6, 6.07) is 13.1. The third-order valence-electron chi connectivity index (χ3n) is 7.05. The first-order valence-electron chi connectivity index (χ1n) is 12.6. The van der Waals surface area contributed by atoms with Crippen molar-refractivity contribution in [2.75, 3.05) is 52.3 Å². The molecule has 4 rings (SSSR count). The van der Waals surface area contributed by atoms with Crippen LogP contribution in [0.15, 0.2) is 60.9 Å². The van der Waals surface area contributed by atoms with E-state index in [0.717, 1.165) is 11.3 Å². The molecule has 1 fully saturated rings. The van der Waals surface area contributed by atoms with Crippen molar-refractivity contribution in [3.63, 3.8) is 0 Å². The van der Waals surface area contributed by atoms with Gasteiger partial charge < -0.3 is 25.4 Å². The molecule has 0 spiro atoms. The molecule has 2 amide bonds. The number of ether oxygens (including phenoxy) is 1. The number of carbonyl (C=O) groups excluding carboxylic acids is 2. The number of hydrogen-bond donors (Lipinski definition) is 2. The summed E-state index contributed by atoms with van der Waals surface area (Å²) in [6.45, 7) is 3.54. The summed E-state index contributed by atoms with van der Waals surface area (Å²) in [7, 11) is 4.95. The minimum atomic E-state index is -1.32. The molecular formula is C29H34FN5O4. The number of anilines is 1. The monoisotopic (exact) mass is 535 g/mol. The number of rotatable bonds is 8. The fraction of sp³-hybridized carbons (Fsp3) is 0.345. The van der Waals surface area contributed by atoms with E-state index in [4.69, 9.17) is 10.5 Å². The van der Waals surface area contributed by atoms with Crippen LogP contribution in [0.1, 0.15) is 44.8 Å². The first kappa shape index (κ1) is 28.0. The van der Waals surface area contributed by atoms with Crippen LogP contribution in [0.25, 0.3) is 0 Å². The Kier molecular flexibility index (Phi) is 8.17. The number of nitrogens with zero attached hydrogens (tertiary/aromatic N) is 4. The fourth-order valence-corrected chi connectivity index (χ4v) is 4.94. The second-order valence-electron chi connectivity index (χ2n) is 10.2. The van der Waals surface area contributed by atoms with Crippen molar-refractivity contribution < 1.29 is 23.8 Å². The summed E-state index contributed by atoms with van der Waals surface area (Å²) in [4.78, 5) is 34.7. The normalized spacial score (nSPS) is 17.4. The van der Waals surface area contributed by atoms with Gasteiger partial charge in [-0.15, -0.1) is 0 Å². The summed E-state index contributed by atoms with van der Waals surface area (Å²) in [6.07, 6.45) is 2.89. The van der Waals surface area contributed by atoms with Crippen LogP contribution in [0.4, 0.5) is 10.1 Å². The number of hydrogen-bond acceptors (Lipinski definition) is 7. The van der Waals surface area contributed by atoms with Crippen LogP contribution in [0, 0.1) is 5.82 Å². The number of piperazine rings is 1. The fourth-order valence-electron chi connectivity index (χ4n) is 4.94. The summed E-state index contributed by atoms with van der Waals surface area (Å²) in [5, 5.41) is 11.4. The van der Waals surface area contributed by atoms with Crippen molar-refractivity contribution in [1.82, 2.24) is 14.8 Å². The van der Waals surface area contributed by atoms with Crippen LogP contribution in [0.5, 0.6) is 5.75 Å². The molecule has 206 valence electrons. The maximum absolute atomic E-state index is 13.8. The number of halogens is 1. The molecule has 1 aromatic heterocycles. The lowest BCUT2D eigenvalue weighted by Crippen LogP contribution is -2.52. The van der Waals surface area contributed by atoms with E-state index < -0.39 is 11.5 Å². The van der Waals surface area contributed by atoms with Crippen molar-refractivity contribution in [3.8, 4) is 5.75 Å². The van der Waals surface area contributed by atoms with E-state index in [1.54, 1.807) is 52.4 Å². The zero-order valence-electron chi connectivity index (χ0n) is 22.6. The standard InChI is InChI=1S/C29H34FN5O4/c1-29(38,21-13-20(27(31)36)15-32-16-21)18-34-11-12-35(26(17-34)19-5-7-22(30)8-6-19)25-10-9-23(39-4)14-24(25)28(37)33(2)3/h5-10,13-16,26,38H,11-12,17-18H2,1-4H3,(H2,31,36)/t26-,29+/m0/s1. The van der Waals surface area contributed by atoms with E-state index in [2.05, 4.69) is 14.8 Å². The van der Waals surface area contributed by atoms with Crippen LogP contribution >= 0.6 is 0 Å². The first-order valence-corrected chi connectivity index (χ1v) is 12.6. The number of amides is 2. The molecule has 2 heterocycles. The Bertz CT molecular complexity index is 1350. The van der Waals surface area contributed by atoms with Crippen molar-refractivity contribution in [1.29, 1.82) is 0 Å². The molecular weight excluding hydrogens is 501 g/mol. The number of carbonyl (C=O) groups is 2. The Labute approximate surface area is 227 Å². The minimum absolute atomic E-state index is 0.158. The minimum Gasteiger partial charge on any atom is -0.497 e. The molecule has 0 saturated carbocycles. The highest BCUT2D eigenvalue weighted by Crippen LogP contribution is 2.36. The molecule has 1 aliphatic rings. The lowest BCUT2D eigenvalue weighted by Gasteiger charge is -2.45. The average Bonchev–Trinajstić information content (AvgIpc) is 2.92.